The van der Waals surface area contributed by atoms with Gasteiger partial charge in [0.15, 0.2) is 5.16 Å². The molecule has 0 spiro atoms. The normalized spacial score (nSPS) is 20.2. The molecular formula is C16H21N3O3S2. The van der Waals surface area contributed by atoms with Crippen molar-refractivity contribution in [2.45, 2.75) is 56.9 Å². The first-order valence-electron chi connectivity index (χ1n) is 7.98. The number of hydrogen-bond donors (Lipinski definition) is 2. The summed E-state index contributed by atoms with van der Waals surface area (Å²) in [5, 5.41) is 10.3. The monoisotopic (exact) mass is 367 g/mol. The van der Waals surface area contributed by atoms with Crippen LogP contribution in [0.4, 0.5) is 5.82 Å². The maximum absolute atomic E-state index is 10.6. The van der Waals surface area contributed by atoms with Crippen LogP contribution in [-0.2, 0) is 22.6 Å². The standard InChI is InChI=1S/C16H21N3O3S2/c1-3-16(2)7-9-10(8-22-16)24-14-12(9)13(17)18-15(19-14)23-6-4-5-11(20)21/h3-8H2,1-2H3,(H,20,21)(H2,17,18,19). The van der Waals surface area contributed by atoms with Gasteiger partial charge in [-0.25, -0.2) is 9.97 Å². The first kappa shape index (κ1) is 17.4. The van der Waals surface area contributed by atoms with E-state index >= 15 is 0 Å². The fourth-order valence-electron chi connectivity index (χ4n) is 2.76. The second-order valence-electron chi connectivity index (χ2n) is 6.19. The third-order valence-electron chi connectivity index (χ3n) is 4.36. The highest BCUT2D eigenvalue weighted by molar-refractivity contribution is 7.99. The van der Waals surface area contributed by atoms with Crippen molar-refractivity contribution in [2.75, 3.05) is 11.5 Å². The zero-order valence-corrected chi connectivity index (χ0v) is 15.4. The van der Waals surface area contributed by atoms with E-state index < -0.39 is 5.97 Å². The molecule has 130 valence electrons. The van der Waals surface area contributed by atoms with Crippen LogP contribution in [0.1, 0.15) is 43.6 Å². The summed E-state index contributed by atoms with van der Waals surface area (Å²) < 4.78 is 6.00. The summed E-state index contributed by atoms with van der Waals surface area (Å²) in [7, 11) is 0. The lowest BCUT2D eigenvalue weighted by molar-refractivity contribution is -0.137. The van der Waals surface area contributed by atoms with Gasteiger partial charge in [-0.05, 0) is 25.3 Å². The predicted molar refractivity (Wildman–Crippen MR) is 96.6 cm³/mol. The summed E-state index contributed by atoms with van der Waals surface area (Å²) in [4.78, 5) is 21.7. The minimum Gasteiger partial charge on any atom is -0.481 e. The van der Waals surface area contributed by atoms with E-state index in [2.05, 4.69) is 23.8 Å². The van der Waals surface area contributed by atoms with Gasteiger partial charge in [-0.2, -0.15) is 0 Å². The summed E-state index contributed by atoms with van der Waals surface area (Å²) in [6, 6.07) is 0. The molecule has 0 amide bonds. The van der Waals surface area contributed by atoms with Crippen molar-refractivity contribution < 1.29 is 14.6 Å². The number of carbonyl (C=O) groups is 1. The number of aliphatic carboxylic acids is 1. The quantitative estimate of drug-likeness (QED) is 0.458. The van der Waals surface area contributed by atoms with Crippen molar-refractivity contribution in [3.8, 4) is 0 Å². The van der Waals surface area contributed by atoms with Crippen LogP contribution in [0.25, 0.3) is 10.2 Å². The molecule has 6 nitrogen and oxygen atoms in total. The Morgan fingerprint density at radius 3 is 3.00 bits per heavy atom. The Hall–Kier alpha value is -1.38. The van der Waals surface area contributed by atoms with Gasteiger partial charge in [0.1, 0.15) is 10.6 Å². The van der Waals surface area contributed by atoms with Gasteiger partial charge in [0.2, 0.25) is 0 Å². The molecule has 0 saturated carbocycles. The molecule has 1 aliphatic heterocycles. The van der Waals surface area contributed by atoms with Crippen LogP contribution in [0.2, 0.25) is 0 Å². The van der Waals surface area contributed by atoms with Crippen molar-refractivity contribution in [3.05, 3.63) is 10.4 Å². The Labute approximate surface area is 148 Å². The molecule has 0 bridgehead atoms. The van der Waals surface area contributed by atoms with Crippen molar-refractivity contribution in [3.63, 3.8) is 0 Å². The number of nitrogens with zero attached hydrogens (tertiary/aromatic N) is 2. The number of fused-ring (bicyclic) bond motifs is 3. The van der Waals surface area contributed by atoms with Gasteiger partial charge in [-0.3, -0.25) is 4.79 Å². The van der Waals surface area contributed by atoms with Crippen molar-refractivity contribution >= 4 is 45.1 Å². The lowest BCUT2D eigenvalue weighted by atomic mass is 9.90. The summed E-state index contributed by atoms with van der Waals surface area (Å²) in [5.41, 5.74) is 7.29. The number of thiophene rings is 1. The number of nitrogens with two attached hydrogens (primary N) is 1. The molecule has 0 radical (unpaired) electrons. The number of carboxylic acids is 1. The number of nitrogen functional groups attached to an aromatic ring is 1. The summed E-state index contributed by atoms with van der Waals surface area (Å²) in [6.07, 6.45) is 2.52. The van der Waals surface area contributed by atoms with Crippen LogP contribution >= 0.6 is 23.1 Å². The molecular weight excluding hydrogens is 346 g/mol. The van der Waals surface area contributed by atoms with Crippen LogP contribution in [-0.4, -0.2) is 32.4 Å². The lowest BCUT2D eigenvalue weighted by Crippen LogP contribution is -2.33. The van der Waals surface area contributed by atoms with Gasteiger partial charge in [-0.15, -0.1) is 11.3 Å². The fraction of sp³-hybridized carbons (Fsp3) is 0.562. The zero-order valence-electron chi connectivity index (χ0n) is 13.8. The predicted octanol–water partition coefficient (Wildman–Crippen LogP) is 3.47. The second kappa shape index (κ2) is 6.85. The van der Waals surface area contributed by atoms with E-state index in [-0.39, 0.29) is 12.0 Å². The molecule has 2 aromatic rings. The van der Waals surface area contributed by atoms with E-state index in [0.717, 1.165) is 23.1 Å². The van der Waals surface area contributed by atoms with Gasteiger partial charge in [0.25, 0.3) is 0 Å². The van der Waals surface area contributed by atoms with Crippen LogP contribution in [0, 0.1) is 0 Å². The minimum absolute atomic E-state index is 0.155. The summed E-state index contributed by atoms with van der Waals surface area (Å²) >= 11 is 3.07. The molecule has 1 aliphatic rings. The maximum atomic E-state index is 10.6. The maximum Gasteiger partial charge on any atom is 0.303 e. The topological polar surface area (TPSA) is 98.3 Å². The van der Waals surface area contributed by atoms with Crippen molar-refractivity contribution in [2.24, 2.45) is 0 Å². The van der Waals surface area contributed by atoms with Gasteiger partial charge >= 0.3 is 5.97 Å². The molecule has 3 rings (SSSR count). The Morgan fingerprint density at radius 2 is 2.29 bits per heavy atom. The lowest BCUT2D eigenvalue weighted by Gasteiger charge is -2.33. The molecule has 3 N–H and O–H groups in total. The Balaban J connectivity index is 1.84. The number of anilines is 1. The van der Waals surface area contributed by atoms with E-state index in [1.807, 2.05) is 0 Å². The molecule has 3 heterocycles. The van der Waals surface area contributed by atoms with Gasteiger partial charge in [0.05, 0.1) is 17.6 Å². The average Bonchev–Trinajstić information content (AvgIpc) is 2.89. The summed E-state index contributed by atoms with van der Waals surface area (Å²) in [6.45, 7) is 4.86. The summed E-state index contributed by atoms with van der Waals surface area (Å²) in [5.74, 6) is 0.397. The Kier molecular flexibility index (Phi) is 4.98. The third kappa shape index (κ3) is 3.50. The molecule has 0 aromatic carbocycles. The average molecular weight is 367 g/mol. The molecule has 1 atom stereocenters. The highest BCUT2D eigenvalue weighted by Gasteiger charge is 2.32. The largest absolute Gasteiger partial charge is 0.481 e. The number of thioether (sulfide) groups is 1. The van der Waals surface area contributed by atoms with E-state index in [4.69, 9.17) is 15.6 Å². The first-order valence-corrected chi connectivity index (χ1v) is 9.78. The van der Waals surface area contributed by atoms with E-state index in [0.29, 0.717) is 29.8 Å². The molecule has 2 aromatic heterocycles. The molecule has 24 heavy (non-hydrogen) atoms. The molecule has 0 aliphatic carbocycles. The SMILES string of the molecule is CCC1(C)Cc2c(sc3nc(SCCCC(=O)O)nc(N)c23)CO1. The van der Waals surface area contributed by atoms with Crippen LogP contribution < -0.4 is 5.73 Å². The highest BCUT2D eigenvalue weighted by atomic mass is 32.2. The number of ether oxygens (including phenoxy) is 1. The number of aromatic nitrogens is 2. The minimum atomic E-state index is -0.781. The Morgan fingerprint density at radius 1 is 1.50 bits per heavy atom. The number of hydrogen-bond acceptors (Lipinski definition) is 7. The van der Waals surface area contributed by atoms with Gasteiger partial charge < -0.3 is 15.6 Å². The van der Waals surface area contributed by atoms with Crippen LogP contribution in [0.15, 0.2) is 5.16 Å². The number of carboxylic acid groups (broad SMARTS) is 1. The van der Waals surface area contributed by atoms with Crippen molar-refractivity contribution in [1.82, 2.24) is 9.97 Å². The van der Waals surface area contributed by atoms with E-state index in [1.165, 1.54) is 22.2 Å². The van der Waals surface area contributed by atoms with E-state index in [1.54, 1.807) is 11.3 Å². The van der Waals surface area contributed by atoms with Crippen LogP contribution in [0.3, 0.4) is 0 Å². The molecule has 0 saturated heterocycles. The molecule has 0 fully saturated rings. The highest BCUT2D eigenvalue weighted by Crippen LogP contribution is 2.41. The van der Waals surface area contributed by atoms with Crippen LogP contribution in [0.5, 0.6) is 0 Å². The second-order valence-corrected chi connectivity index (χ2v) is 8.34. The zero-order chi connectivity index (χ0) is 17.3. The molecule has 1 unspecified atom stereocenters. The van der Waals surface area contributed by atoms with E-state index in [9.17, 15) is 4.79 Å². The third-order valence-corrected chi connectivity index (χ3v) is 6.39. The number of rotatable bonds is 6. The van der Waals surface area contributed by atoms with Gasteiger partial charge in [-0.1, -0.05) is 18.7 Å². The molecule has 8 heteroatoms. The van der Waals surface area contributed by atoms with Crippen molar-refractivity contribution in [1.29, 1.82) is 0 Å². The Bertz CT molecular complexity index is 778. The first-order chi connectivity index (χ1) is 11.4. The smallest absolute Gasteiger partial charge is 0.303 e. The van der Waals surface area contributed by atoms with Gasteiger partial charge in [0, 0.05) is 23.5 Å². The fourth-order valence-corrected chi connectivity index (χ4v) is 4.72.